The van der Waals surface area contributed by atoms with E-state index in [1.807, 2.05) is 0 Å². The molecule has 1 aromatic heterocycles. The minimum absolute atomic E-state index is 0. The predicted molar refractivity (Wildman–Crippen MR) is 63.7 cm³/mol. The van der Waals surface area contributed by atoms with E-state index in [-0.39, 0.29) is 58.0 Å². The van der Waals surface area contributed by atoms with E-state index in [0.717, 1.165) is 12.1 Å². The van der Waals surface area contributed by atoms with Gasteiger partial charge in [0.2, 0.25) is 0 Å². The molecule has 2 rings (SSSR count). The first kappa shape index (κ1) is 17.6. The zero-order valence-electron chi connectivity index (χ0n) is 10.7. The van der Waals surface area contributed by atoms with E-state index in [9.17, 15) is 17.3 Å². The smallest absolute Gasteiger partial charge is 0.490 e. The molecule has 0 spiro atoms. The van der Waals surface area contributed by atoms with Crippen LogP contribution in [0.5, 0.6) is 5.75 Å². The molecular weight excluding hydrogens is 300 g/mol. The van der Waals surface area contributed by atoms with Crippen molar-refractivity contribution in [2.24, 2.45) is 0 Å². The summed E-state index contributed by atoms with van der Waals surface area (Å²) in [4.78, 5) is 3.91. The van der Waals surface area contributed by atoms with Crippen molar-refractivity contribution in [3.63, 3.8) is 0 Å². The van der Waals surface area contributed by atoms with Crippen LogP contribution >= 0.6 is 0 Å². The van der Waals surface area contributed by atoms with Crippen molar-refractivity contribution in [1.82, 2.24) is 4.98 Å². The summed E-state index contributed by atoms with van der Waals surface area (Å²) < 4.78 is 56.3. The molecule has 1 heterocycles. The monoisotopic (exact) mass is 309 g/mol. The molecule has 1 aromatic carbocycles. The van der Waals surface area contributed by atoms with Gasteiger partial charge in [0.15, 0.2) is 0 Å². The van der Waals surface area contributed by atoms with E-state index in [1.54, 1.807) is 18.2 Å². The van der Waals surface area contributed by atoms with Crippen LogP contribution in [-0.4, -0.2) is 12.0 Å². The third-order valence-electron chi connectivity index (χ3n) is 2.43. The number of pyridine rings is 1. The molecule has 0 amide bonds. The summed E-state index contributed by atoms with van der Waals surface area (Å²) in [5, 5.41) is 0. The van der Waals surface area contributed by atoms with Gasteiger partial charge in [0.05, 0.1) is 11.4 Å². The maximum atomic E-state index is 13.0. The van der Waals surface area contributed by atoms with Crippen LogP contribution < -0.4 is 61.6 Å². The molecule has 0 aliphatic heterocycles. The Morgan fingerprint density at radius 1 is 1.10 bits per heavy atom. The average molecular weight is 309 g/mol. The van der Waals surface area contributed by atoms with E-state index in [1.165, 1.54) is 6.20 Å². The van der Waals surface area contributed by atoms with E-state index in [4.69, 9.17) is 4.74 Å². The number of hydrogen-bond acceptors (Lipinski definition) is 2. The van der Waals surface area contributed by atoms with Gasteiger partial charge in [-0.25, -0.2) is 4.39 Å². The van der Waals surface area contributed by atoms with Crippen LogP contribution in [0.1, 0.15) is 5.69 Å². The van der Waals surface area contributed by atoms with E-state index in [0.29, 0.717) is 11.8 Å². The summed E-state index contributed by atoms with van der Waals surface area (Å²) in [5.41, 5.74) is -0.482. The Labute approximate surface area is 156 Å². The zero-order chi connectivity index (χ0) is 13.9. The van der Waals surface area contributed by atoms with E-state index < -0.39 is 24.0 Å². The molecule has 0 unspecified atom stereocenters. The third-order valence-corrected chi connectivity index (χ3v) is 2.43. The molecule has 0 aliphatic carbocycles. The van der Waals surface area contributed by atoms with Crippen molar-refractivity contribution < 1.29 is 73.5 Å². The van der Waals surface area contributed by atoms with Gasteiger partial charge in [0.1, 0.15) is 12.4 Å². The maximum Gasteiger partial charge on any atom is 1.00 e. The van der Waals surface area contributed by atoms with Crippen molar-refractivity contribution in [3.05, 3.63) is 54.1 Å². The SMILES string of the molecule is Fc1ccc([B-](F)(F)F)c(OCc2ccccn2)c1.[K+]. The molecule has 8 heteroatoms. The number of benzene rings is 1. The van der Waals surface area contributed by atoms with Crippen LogP contribution in [-0.2, 0) is 6.61 Å². The first-order valence-electron chi connectivity index (χ1n) is 5.49. The summed E-state index contributed by atoms with van der Waals surface area (Å²) in [6.07, 6.45) is 1.50. The fraction of sp³-hybridized carbons (Fsp3) is 0.0833. The molecule has 0 fully saturated rings. The fourth-order valence-corrected chi connectivity index (χ4v) is 1.54. The normalized spacial score (nSPS) is 10.8. The quantitative estimate of drug-likeness (QED) is 0.579. The summed E-state index contributed by atoms with van der Waals surface area (Å²) in [5.74, 6) is -1.29. The fourth-order valence-electron chi connectivity index (χ4n) is 1.54. The second-order valence-electron chi connectivity index (χ2n) is 3.87. The Morgan fingerprint density at radius 3 is 2.45 bits per heavy atom. The van der Waals surface area contributed by atoms with E-state index in [2.05, 4.69) is 4.98 Å². The minimum Gasteiger partial charge on any atom is -0.490 e. The predicted octanol–water partition coefficient (Wildman–Crippen LogP) is -0.142. The largest absolute Gasteiger partial charge is 1.00 e. The maximum absolute atomic E-state index is 13.0. The molecule has 0 radical (unpaired) electrons. The van der Waals surface area contributed by atoms with Crippen LogP contribution in [0, 0.1) is 5.82 Å². The van der Waals surface area contributed by atoms with E-state index >= 15 is 0 Å². The number of nitrogens with zero attached hydrogens (tertiary/aromatic N) is 1. The van der Waals surface area contributed by atoms with Gasteiger partial charge in [-0.3, -0.25) is 4.98 Å². The summed E-state index contributed by atoms with van der Waals surface area (Å²) in [6, 6.07) is 7.15. The van der Waals surface area contributed by atoms with Gasteiger partial charge in [0, 0.05) is 12.3 Å². The number of rotatable bonds is 4. The molecule has 0 saturated carbocycles. The molecule has 0 saturated heterocycles. The van der Waals surface area contributed by atoms with Gasteiger partial charge >= 0.3 is 58.4 Å². The second kappa shape index (κ2) is 7.56. The minimum atomic E-state index is -5.25. The number of halogens is 4. The molecular formula is C12H9BF4KNO. The van der Waals surface area contributed by atoms with Crippen molar-refractivity contribution in [3.8, 4) is 5.75 Å². The summed E-state index contributed by atoms with van der Waals surface area (Å²) in [7, 11) is 0. The van der Waals surface area contributed by atoms with Crippen molar-refractivity contribution in [1.29, 1.82) is 0 Å². The number of aromatic nitrogens is 1. The van der Waals surface area contributed by atoms with Crippen LogP contribution in [0.25, 0.3) is 0 Å². The number of ether oxygens (including phenoxy) is 1. The molecule has 0 aliphatic rings. The molecule has 100 valence electrons. The van der Waals surface area contributed by atoms with Gasteiger partial charge in [-0.1, -0.05) is 17.6 Å². The van der Waals surface area contributed by atoms with Gasteiger partial charge in [-0.15, -0.1) is 0 Å². The van der Waals surface area contributed by atoms with Crippen LogP contribution in [0.3, 0.4) is 0 Å². The van der Waals surface area contributed by atoms with Crippen molar-refractivity contribution in [2.75, 3.05) is 0 Å². The molecule has 0 atom stereocenters. The van der Waals surface area contributed by atoms with Crippen molar-refractivity contribution >= 4 is 12.4 Å². The summed E-state index contributed by atoms with van der Waals surface area (Å²) in [6.45, 7) is -5.40. The van der Waals surface area contributed by atoms with Gasteiger partial charge in [-0.05, 0) is 18.2 Å². The molecule has 2 nitrogen and oxygen atoms in total. The molecule has 0 N–H and O–H groups in total. The Balaban J connectivity index is 0.00000200. The second-order valence-corrected chi connectivity index (χ2v) is 3.87. The molecule has 0 bridgehead atoms. The Bertz CT molecular complexity index is 565. The van der Waals surface area contributed by atoms with Crippen molar-refractivity contribution in [2.45, 2.75) is 6.61 Å². The molecule has 20 heavy (non-hydrogen) atoms. The zero-order valence-corrected chi connectivity index (χ0v) is 13.8. The topological polar surface area (TPSA) is 22.1 Å². The van der Waals surface area contributed by atoms with Gasteiger partial charge in [0.25, 0.3) is 0 Å². The standard InChI is InChI=1S/C12H9BF4NO.K/c14-9-4-5-11(13(15,16)17)12(7-9)19-8-10-3-1-2-6-18-10;/h1-7H,8H2;/q-1;+1. The molecule has 2 aromatic rings. The van der Waals surface area contributed by atoms with Crippen LogP contribution in [0.15, 0.2) is 42.6 Å². The Hall–Kier alpha value is -0.409. The average Bonchev–Trinajstić information content (AvgIpc) is 2.36. The third kappa shape index (κ3) is 4.85. The van der Waals surface area contributed by atoms with Crippen LogP contribution in [0.4, 0.5) is 17.3 Å². The van der Waals surface area contributed by atoms with Gasteiger partial charge < -0.3 is 17.7 Å². The Kier molecular flexibility index (Phi) is 6.67. The van der Waals surface area contributed by atoms with Gasteiger partial charge in [-0.2, -0.15) is 0 Å². The van der Waals surface area contributed by atoms with Crippen LogP contribution in [0.2, 0.25) is 0 Å². The first-order chi connectivity index (χ1) is 8.97. The first-order valence-corrected chi connectivity index (χ1v) is 5.49. The summed E-state index contributed by atoms with van der Waals surface area (Å²) >= 11 is 0. The Morgan fingerprint density at radius 2 is 1.85 bits per heavy atom. The number of hydrogen-bond donors (Lipinski definition) is 0.